The standard InChI is InChI=1S/C25H18ClIN2O5/c1-33-21-13-16(12-19(27)22(21)34-14-15-7-3-2-4-8-15)11-17-23(30)28-25(32)29(24(17)31)20-10-6-5-9-18(20)26/h2-13H,14H2,1H3,(H,28,30,32)/b17-11+. The summed E-state index contributed by atoms with van der Waals surface area (Å²) in [5.74, 6) is -0.587. The number of amides is 4. The van der Waals surface area contributed by atoms with Crippen LogP contribution in [0.15, 0.2) is 72.3 Å². The first-order valence-corrected chi connectivity index (χ1v) is 11.5. The summed E-state index contributed by atoms with van der Waals surface area (Å²) in [5, 5.41) is 2.40. The van der Waals surface area contributed by atoms with Crippen molar-refractivity contribution in [2.24, 2.45) is 0 Å². The van der Waals surface area contributed by atoms with Gasteiger partial charge in [0.1, 0.15) is 12.2 Å². The minimum absolute atomic E-state index is 0.182. The monoisotopic (exact) mass is 588 g/mol. The lowest BCUT2D eigenvalue weighted by atomic mass is 10.1. The molecule has 0 aliphatic carbocycles. The summed E-state index contributed by atoms with van der Waals surface area (Å²) in [7, 11) is 1.51. The Morgan fingerprint density at radius 1 is 1.03 bits per heavy atom. The third-order valence-corrected chi connectivity index (χ3v) is 6.10. The Hall–Kier alpha value is -3.37. The number of anilines is 1. The summed E-state index contributed by atoms with van der Waals surface area (Å²) in [5.41, 5.74) is 1.50. The van der Waals surface area contributed by atoms with Gasteiger partial charge in [-0.05, 0) is 64.1 Å². The molecule has 1 aliphatic heterocycles. The molecular formula is C25H18ClIN2O5. The molecule has 1 aliphatic rings. The predicted molar refractivity (Wildman–Crippen MR) is 137 cm³/mol. The number of benzene rings is 3. The minimum Gasteiger partial charge on any atom is -0.493 e. The molecule has 4 rings (SSSR count). The molecule has 9 heteroatoms. The van der Waals surface area contributed by atoms with Gasteiger partial charge in [-0.15, -0.1) is 0 Å². The maximum Gasteiger partial charge on any atom is 0.335 e. The van der Waals surface area contributed by atoms with Crippen molar-refractivity contribution in [3.05, 3.63) is 92.0 Å². The summed E-state index contributed by atoms with van der Waals surface area (Å²) in [4.78, 5) is 38.9. The maximum atomic E-state index is 13.1. The normalized spacial score (nSPS) is 14.9. The fourth-order valence-electron chi connectivity index (χ4n) is 3.37. The number of halogens is 2. The Kier molecular flexibility index (Phi) is 7.18. The molecule has 7 nitrogen and oxygen atoms in total. The van der Waals surface area contributed by atoms with E-state index in [4.69, 9.17) is 21.1 Å². The number of hydrogen-bond acceptors (Lipinski definition) is 5. The molecule has 1 fully saturated rings. The molecule has 1 N–H and O–H groups in total. The number of ether oxygens (including phenoxy) is 2. The quantitative estimate of drug-likeness (QED) is 0.243. The highest BCUT2D eigenvalue weighted by Gasteiger charge is 2.37. The van der Waals surface area contributed by atoms with Crippen LogP contribution in [0.5, 0.6) is 11.5 Å². The van der Waals surface area contributed by atoms with Crippen LogP contribution in [0.1, 0.15) is 11.1 Å². The molecule has 34 heavy (non-hydrogen) atoms. The second-order valence-corrected chi connectivity index (χ2v) is 8.79. The molecule has 0 bridgehead atoms. The van der Waals surface area contributed by atoms with E-state index in [1.165, 1.54) is 19.3 Å². The van der Waals surface area contributed by atoms with Gasteiger partial charge in [0, 0.05) is 0 Å². The van der Waals surface area contributed by atoms with E-state index in [1.54, 1.807) is 30.3 Å². The van der Waals surface area contributed by atoms with Crippen LogP contribution in [0.25, 0.3) is 6.08 Å². The topological polar surface area (TPSA) is 84.9 Å². The number of imide groups is 2. The number of rotatable bonds is 6. The lowest BCUT2D eigenvalue weighted by molar-refractivity contribution is -0.122. The predicted octanol–water partition coefficient (Wildman–Crippen LogP) is 5.20. The van der Waals surface area contributed by atoms with E-state index in [-0.39, 0.29) is 16.3 Å². The second-order valence-electron chi connectivity index (χ2n) is 7.22. The molecule has 0 atom stereocenters. The number of carbonyl (C=O) groups is 3. The average Bonchev–Trinajstić information content (AvgIpc) is 2.82. The van der Waals surface area contributed by atoms with E-state index in [0.717, 1.165) is 14.0 Å². The molecule has 3 aromatic carbocycles. The van der Waals surface area contributed by atoms with E-state index in [2.05, 4.69) is 27.9 Å². The van der Waals surface area contributed by atoms with Crippen molar-refractivity contribution < 1.29 is 23.9 Å². The Balaban J connectivity index is 1.66. The molecule has 0 spiro atoms. The summed E-state index contributed by atoms with van der Waals surface area (Å²) in [6.45, 7) is 0.351. The third kappa shape index (κ3) is 4.92. The van der Waals surface area contributed by atoms with Crippen molar-refractivity contribution in [2.45, 2.75) is 6.61 Å². The van der Waals surface area contributed by atoms with Crippen molar-refractivity contribution in [3.63, 3.8) is 0 Å². The zero-order chi connectivity index (χ0) is 24.2. The van der Waals surface area contributed by atoms with Gasteiger partial charge in [-0.1, -0.05) is 54.1 Å². The Bertz CT molecular complexity index is 1310. The van der Waals surface area contributed by atoms with Gasteiger partial charge in [-0.2, -0.15) is 0 Å². The van der Waals surface area contributed by atoms with Crippen LogP contribution < -0.4 is 19.7 Å². The fraction of sp³-hybridized carbons (Fsp3) is 0.0800. The molecule has 0 saturated carbocycles. The number of nitrogens with zero attached hydrogens (tertiary/aromatic N) is 1. The third-order valence-electron chi connectivity index (χ3n) is 4.98. The molecule has 0 unspecified atom stereocenters. The number of carbonyl (C=O) groups excluding carboxylic acids is 3. The van der Waals surface area contributed by atoms with Crippen molar-refractivity contribution >= 4 is 63.8 Å². The van der Waals surface area contributed by atoms with Gasteiger partial charge in [-0.3, -0.25) is 14.9 Å². The van der Waals surface area contributed by atoms with Gasteiger partial charge >= 0.3 is 6.03 Å². The van der Waals surface area contributed by atoms with Crippen LogP contribution in [-0.4, -0.2) is 25.0 Å². The van der Waals surface area contributed by atoms with Gasteiger partial charge in [-0.25, -0.2) is 9.69 Å². The summed E-state index contributed by atoms with van der Waals surface area (Å²) in [6, 6.07) is 18.7. The first kappa shape index (κ1) is 23.8. The molecule has 0 aromatic heterocycles. The highest BCUT2D eigenvalue weighted by atomic mass is 127. The van der Waals surface area contributed by atoms with E-state index in [1.807, 2.05) is 30.3 Å². The molecule has 1 heterocycles. The van der Waals surface area contributed by atoms with Crippen molar-refractivity contribution in [1.29, 1.82) is 0 Å². The van der Waals surface area contributed by atoms with Crippen LogP contribution in [0.3, 0.4) is 0 Å². The largest absolute Gasteiger partial charge is 0.493 e. The maximum absolute atomic E-state index is 13.1. The second kappa shape index (κ2) is 10.3. The number of urea groups is 1. The number of para-hydroxylation sites is 1. The van der Waals surface area contributed by atoms with E-state index in [0.29, 0.717) is 23.7 Å². The fourth-order valence-corrected chi connectivity index (χ4v) is 4.37. The van der Waals surface area contributed by atoms with Gasteiger partial charge in [0.25, 0.3) is 11.8 Å². The Labute approximate surface area is 214 Å². The van der Waals surface area contributed by atoms with Gasteiger partial charge < -0.3 is 9.47 Å². The zero-order valence-corrected chi connectivity index (χ0v) is 20.8. The summed E-state index contributed by atoms with van der Waals surface area (Å²) < 4.78 is 12.2. The molecule has 1 saturated heterocycles. The Morgan fingerprint density at radius 3 is 2.44 bits per heavy atom. The van der Waals surface area contributed by atoms with Gasteiger partial charge in [0.05, 0.1) is 21.4 Å². The van der Waals surface area contributed by atoms with Crippen LogP contribution in [0.4, 0.5) is 10.5 Å². The van der Waals surface area contributed by atoms with Crippen LogP contribution in [0.2, 0.25) is 5.02 Å². The summed E-state index contributed by atoms with van der Waals surface area (Å²) in [6.07, 6.45) is 1.40. The molecular weight excluding hydrogens is 571 g/mol. The lowest BCUT2D eigenvalue weighted by Gasteiger charge is -2.27. The smallest absolute Gasteiger partial charge is 0.335 e. The number of nitrogens with one attached hydrogen (secondary N) is 1. The molecule has 0 radical (unpaired) electrons. The van der Waals surface area contributed by atoms with Crippen molar-refractivity contribution in [1.82, 2.24) is 5.32 Å². The molecule has 3 aromatic rings. The average molecular weight is 589 g/mol. The van der Waals surface area contributed by atoms with Gasteiger partial charge in [0.15, 0.2) is 11.5 Å². The zero-order valence-electron chi connectivity index (χ0n) is 17.9. The SMILES string of the molecule is COc1cc(/C=C2\C(=O)NC(=O)N(c3ccccc3Cl)C2=O)cc(I)c1OCc1ccccc1. The molecule has 4 amide bonds. The summed E-state index contributed by atoms with van der Waals surface area (Å²) >= 11 is 8.28. The van der Waals surface area contributed by atoms with E-state index in [9.17, 15) is 14.4 Å². The van der Waals surface area contributed by atoms with Crippen molar-refractivity contribution in [2.75, 3.05) is 12.0 Å². The van der Waals surface area contributed by atoms with E-state index < -0.39 is 17.8 Å². The highest BCUT2D eigenvalue weighted by molar-refractivity contribution is 14.1. The van der Waals surface area contributed by atoms with Crippen LogP contribution in [0, 0.1) is 3.57 Å². The van der Waals surface area contributed by atoms with Crippen molar-refractivity contribution in [3.8, 4) is 11.5 Å². The number of methoxy groups -OCH3 is 1. The van der Waals surface area contributed by atoms with Gasteiger partial charge in [0.2, 0.25) is 0 Å². The number of hydrogen-bond donors (Lipinski definition) is 1. The Morgan fingerprint density at radius 2 is 1.74 bits per heavy atom. The minimum atomic E-state index is -0.864. The number of barbiturate groups is 1. The highest BCUT2D eigenvalue weighted by Crippen LogP contribution is 2.36. The van der Waals surface area contributed by atoms with Crippen LogP contribution >= 0.6 is 34.2 Å². The lowest BCUT2D eigenvalue weighted by Crippen LogP contribution is -2.54. The first-order valence-electron chi connectivity index (χ1n) is 10.1. The first-order chi connectivity index (χ1) is 16.4. The van der Waals surface area contributed by atoms with E-state index >= 15 is 0 Å². The molecule has 172 valence electrons. The van der Waals surface area contributed by atoms with Crippen LogP contribution in [-0.2, 0) is 16.2 Å².